The number of hydrogen-bond donors (Lipinski definition) is 6. The molecule has 4 atom stereocenters. The van der Waals surface area contributed by atoms with Crippen molar-refractivity contribution in [3.05, 3.63) is 0 Å². The molecule has 1 rings (SSSR count). The van der Waals surface area contributed by atoms with Crippen LogP contribution in [0.25, 0.3) is 0 Å². The number of aliphatic hydroxyl groups excluding tert-OH is 4. The molecule has 0 aromatic heterocycles. The molecule has 6 N–H and O–H groups in total. The molecule has 0 aromatic carbocycles. The van der Waals surface area contributed by atoms with Crippen LogP contribution in [0, 0.1) is 0 Å². The van der Waals surface area contributed by atoms with E-state index >= 15 is 0 Å². The van der Waals surface area contributed by atoms with Crippen molar-refractivity contribution >= 4 is 0 Å². The van der Waals surface area contributed by atoms with E-state index in [4.69, 9.17) is 20.4 Å². The van der Waals surface area contributed by atoms with Crippen molar-refractivity contribution in [2.24, 2.45) is 0 Å². The first-order valence-corrected chi connectivity index (χ1v) is 3.16. The lowest BCUT2D eigenvalue weighted by Crippen LogP contribution is -2.52. The highest BCUT2D eigenvalue weighted by molar-refractivity contribution is 4.98. The van der Waals surface area contributed by atoms with Crippen LogP contribution in [0.2, 0.25) is 0 Å². The van der Waals surface area contributed by atoms with Crippen LogP contribution in [0.15, 0.2) is 0 Å². The molecule has 0 saturated carbocycles. The Morgan fingerprint density at radius 2 is 1.82 bits per heavy atom. The topological polar surface area (TPSA) is 113 Å². The second-order valence-electron chi connectivity index (χ2n) is 2.61. The van der Waals surface area contributed by atoms with Crippen LogP contribution in [-0.2, 0) is 0 Å². The second kappa shape index (κ2) is 2.67. The molecule has 66 valence electrons. The summed E-state index contributed by atoms with van der Waals surface area (Å²) in [5.74, 6) is 0. The monoisotopic (exact) mass is 165 g/mol. The molecule has 0 radical (unpaired) electrons. The van der Waals surface area contributed by atoms with Crippen LogP contribution in [0.4, 0.5) is 0 Å². The lowest BCUT2D eigenvalue weighted by atomic mass is 10.1. The van der Waals surface area contributed by atoms with Crippen molar-refractivity contribution in [2.45, 2.75) is 24.2 Å². The van der Waals surface area contributed by atoms with Gasteiger partial charge in [-0.2, -0.15) is 0 Å². The maximum Gasteiger partial charge on any atom is 0.170 e. The molecule has 0 aliphatic carbocycles. The summed E-state index contributed by atoms with van der Waals surface area (Å²) in [6.45, 7) is -0.776. The minimum absolute atomic E-state index is 0.776. The van der Waals surface area contributed by atoms with Crippen molar-refractivity contribution in [1.82, 2.24) is 5.32 Å². The highest BCUT2D eigenvalue weighted by Crippen LogP contribution is 2.20. The third kappa shape index (κ3) is 1.24. The zero-order valence-corrected chi connectivity index (χ0v) is 5.68. The van der Waals surface area contributed by atoms with E-state index < -0.39 is 30.8 Å². The van der Waals surface area contributed by atoms with Crippen molar-refractivity contribution < 1.29 is 25.5 Å². The number of aliphatic hydroxyl groups is 5. The predicted molar refractivity (Wildman–Crippen MR) is 33.2 cm³/mol. The van der Waals surface area contributed by atoms with Crippen LogP contribution in [0.3, 0.4) is 0 Å². The molecule has 1 aliphatic rings. The van der Waals surface area contributed by atoms with Gasteiger partial charge in [-0.1, -0.05) is 0 Å². The van der Waals surface area contributed by atoms with E-state index in [2.05, 4.69) is 0 Å². The van der Waals surface area contributed by atoms with Gasteiger partial charge in [-0.05, 0) is 0 Å². The third-order valence-corrected chi connectivity index (χ3v) is 1.78. The summed E-state index contributed by atoms with van der Waals surface area (Å²) in [5.41, 5.74) is -2.00. The lowest BCUT2D eigenvalue weighted by molar-refractivity contribution is -0.121. The van der Waals surface area contributed by atoms with Crippen LogP contribution in [0.1, 0.15) is 0 Å². The van der Waals surface area contributed by atoms with Crippen molar-refractivity contribution in [1.29, 1.82) is 0 Å². The quantitative estimate of drug-likeness (QED) is 0.238. The van der Waals surface area contributed by atoms with Gasteiger partial charge in [0.1, 0.15) is 18.4 Å². The van der Waals surface area contributed by atoms with Gasteiger partial charge in [0.15, 0.2) is 5.72 Å². The first kappa shape index (κ1) is 8.85. The fourth-order valence-corrected chi connectivity index (χ4v) is 1.02. The highest BCUT2D eigenvalue weighted by Gasteiger charge is 2.50. The van der Waals surface area contributed by atoms with Crippen molar-refractivity contribution in [2.75, 3.05) is 6.61 Å². The largest absolute Gasteiger partial charge is 0.392 e. The second-order valence-corrected chi connectivity index (χ2v) is 2.61. The predicted octanol–water partition coefficient (Wildman–Crippen LogP) is -3.69. The molecule has 1 heterocycles. The molecular formula is C5H11NO5. The molecule has 0 aromatic rings. The zero-order valence-electron chi connectivity index (χ0n) is 5.68. The van der Waals surface area contributed by atoms with E-state index in [9.17, 15) is 5.11 Å². The van der Waals surface area contributed by atoms with E-state index in [0.29, 0.717) is 0 Å². The minimum atomic E-state index is -2.00. The van der Waals surface area contributed by atoms with Gasteiger partial charge in [0.2, 0.25) is 0 Å². The molecule has 0 amide bonds. The number of hydrogen-bond acceptors (Lipinski definition) is 6. The fourth-order valence-electron chi connectivity index (χ4n) is 1.02. The number of rotatable bonds is 1. The molecule has 1 aliphatic heterocycles. The fraction of sp³-hybridized carbons (Fsp3) is 1.00. The Morgan fingerprint density at radius 1 is 1.27 bits per heavy atom. The zero-order chi connectivity index (χ0) is 8.65. The first-order valence-electron chi connectivity index (χ1n) is 3.16. The molecule has 1 fully saturated rings. The third-order valence-electron chi connectivity index (χ3n) is 1.78. The highest BCUT2D eigenvalue weighted by atomic mass is 16.4. The van der Waals surface area contributed by atoms with E-state index in [1.54, 1.807) is 0 Å². The van der Waals surface area contributed by atoms with Gasteiger partial charge in [-0.25, -0.2) is 0 Å². The van der Waals surface area contributed by atoms with Crippen LogP contribution in [-0.4, -0.2) is 56.3 Å². The summed E-state index contributed by atoms with van der Waals surface area (Å²) in [6, 6.07) is 0. The van der Waals surface area contributed by atoms with Gasteiger partial charge in [-0.15, -0.1) is 0 Å². The van der Waals surface area contributed by atoms with Gasteiger partial charge in [0.25, 0.3) is 0 Å². The van der Waals surface area contributed by atoms with Gasteiger partial charge < -0.3 is 25.5 Å². The molecule has 0 spiro atoms. The standard InChI is InChI=1S/C5H11NO5/c7-1-5(11)3(9)2(8)4(10)6-5/h2-4,6-11H,1H2/t2-,3+,4?,5-/m1/s1. The molecule has 6 heteroatoms. The molecule has 6 nitrogen and oxygen atoms in total. The van der Waals surface area contributed by atoms with Crippen LogP contribution in [0.5, 0.6) is 0 Å². The Bertz CT molecular complexity index is 154. The van der Waals surface area contributed by atoms with Crippen LogP contribution < -0.4 is 5.32 Å². The summed E-state index contributed by atoms with van der Waals surface area (Å²) >= 11 is 0. The summed E-state index contributed by atoms with van der Waals surface area (Å²) in [4.78, 5) is 0. The average Bonchev–Trinajstić information content (AvgIpc) is 2.17. The molecular weight excluding hydrogens is 154 g/mol. The Balaban J connectivity index is 2.73. The van der Waals surface area contributed by atoms with Crippen molar-refractivity contribution in [3.63, 3.8) is 0 Å². The van der Waals surface area contributed by atoms with Crippen molar-refractivity contribution in [3.8, 4) is 0 Å². The van der Waals surface area contributed by atoms with Gasteiger partial charge in [-0.3, -0.25) is 5.32 Å². The van der Waals surface area contributed by atoms with Crippen LogP contribution >= 0.6 is 0 Å². The maximum atomic E-state index is 9.18. The number of nitrogens with one attached hydrogen (secondary N) is 1. The Labute approximate surface area is 62.7 Å². The smallest absolute Gasteiger partial charge is 0.170 e. The summed E-state index contributed by atoms with van der Waals surface area (Å²) in [6.07, 6.45) is -4.48. The normalized spacial score (nSPS) is 51.5. The van der Waals surface area contributed by atoms with E-state index in [1.807, 2.05) is 5.32 Å². The molecule has 0 bridgehead atoms. The Morgan fingerprint density at radius 3 is 2.00 bits per heavy atom. The Hall–Kier alpha value is -0.240. The summed E-state index contributed by atoms with van der Waals surface area (Å²) in [7, 11) is 0. The van der Waals surface area contributed by atoms with Gasteiger partial charge in [0.05, 0.1) is 6.61 Å². The summed E-state index contributed by atoms with van der Waals surface area (Å²) < 4.78 is 0. The minimum Gasteiger partial charge on any atom is -0.392 e. The SMILES string of the molecule is OC[C@]1(O)NC(O)[C@H](O)[C@@H]1O. The van der Waals surface area contributed by atoms with E-state index in [-0.39, 0.29) is 0 Å². The summed E-state index contributed by atoms with van der Waals surface area (Å²) in [5, 5.41) is 46.5. The van der Waals surface area contributed by atoms with E-state index in [1.165, 1.54) is 0 Å². The molecule has 11 heavy (non-hydrogen) atoms. The Kier molecular flexibility index (Phi) is 2.15. The molecule has 1 saturated heterocycles. The maximum absolute atomic E-state index is 9.18. The average molecular weight is 165 g/mol. The van der Waals surface area contributed by atoms with Gasteiger partial charge in [0, 0.05) is 0 Å². The molecule has 1 unspecified atom stereocenters. The van der Waals surface area contributed by atoms with E-state index in [0.717, 1.165) is 0 Å². The van der Waals surface area contributed by atoms with Gasteiger partial charge >= 0.3 is 0 Å². The first-order chi connectivity index (χ1) is 5.01. The lowest BCUT2D eigenvalue weighted by Gasteiger charge is -2.23.